The van der Waals surface area contributed by atoms with Gasteiger partial charge in [0.25, 0.3) is 0 Å². The summed E-state index contributed by atoms with van der Waals surface area (Å²) in [5.41, 5.74) is 0.811. The standard InChI is InChI=1S/C24H32FN3O3S/c1-19-12-16-28(17-13-19)15-7-14-26-24(29)22(18-20-8-3-2-4-9-20)27-32(30,31)23-11-6-5-10-21(23)25/h2-6,8-11,19,22,27H,7,12-18H2,1H3,(H,26,29)/t22-/m0/s1. The maximum absolute atomic E-state index is 14.1. The summed E-state index contributed by atoms with van der Waals surface area (Å²) in [6.45, 7) is 5.78. The van der Waals surface area contributed by atoms with Gasteiger partial charge in [0, 0.05) is 6.54 Å². The predicted octanol–water partition coefficient (Wildman–Crippen LogP) is 2.95. The molecule has 0 saturated carbocycles. The first-order chi connectivity index (χ1) is 15.3. The molecule has 1 aliphatic heterocycles. The smallest absolute Gasteiger partial charge is 0.244 e. The van der Waals surface area contributed by atoms with Gasteiger partial charge in [0.1, 0.15) is 16.8 Å². The van der Waals surface area contributed by atoms with E-state index in [1.807, 2.05) is 30.3 Å². The largest absolute Gasteiger partial charge is 0.355 e. The van der Waals surface area contributed by atoms with Gasteiger partial charge in [-0.15, -0.1) is 0 Å². The van der Waals surface area contributed by atoms with E-state index in [1.165, 1.54) is 31.0 Å². The summed E-state index contributed by atoms with van der Waals surface area (Å²) < 4.78 is 42.1. The van der Waals surface area contributed by atoms with Crippen molar-refractivity contribution in [1.29, 1.82) is 0 Å². The van der Waals surface area contributed by atoms with Crippen LogP contribution in [0.25, 0.3) is 0 Å². The van der Waals surface area contributed by atoms with Crippen molar-refractivity contribution in [2.24, 2.45) is 5.92 Å². The Morgan fingerprint density at radius 2 is 1.75 bits per heavy atom. The maximum Gasteiger partial charge on any atom is 0.244 e. The third-order valence-electron chi connectivity index (χ3n) is 5.85. The Morgan fingerprint density at radius 3 is 2.44 bits per heavy atom. The molecule has 1 fully saturated rings. The Bertz CT molecular complexity index is 977. The van der Waals surface area contributed by atoms with Crippen LogP contribution in [-0.4, -0.2) is 51.4 Å². The van der Waals surface area contributed by atoms with Gasteiger partial charge in [-0.1, -0.05) is 49.4 Å². The highest BCUT2D eigenvalue weighted by atomic mass is 32.2. The second-order valence-electron chi connectivity index (χ2n) is 8.46. The molecule has 8 heteroatoms. The number of likely N-dealkylation sites (tertiary alicyclic amines) is 1. The fourth-order valence-electron chi connectivity index (χ4n) is 3.87. The quantitative estimate of drug-likeness (QED) is 0.534. The molecule has 0 spiro atoms. The van der Waals surface area contributed by atoms with E-state index < -0.39 is 32.7 Å². The molecule has 3 rings (SSSR count). The van der Waals surface area contributed by atoms with E-state index in [0.717, 1.165) is 43.6 Å². The van der Waals surface area contributed by atoms with Crippen molar-refractivity contribution in [2.75, 3.05) is 26.2 Å². The average molecular weight is 462 g/mol. The topological polar surface area (TPSA) is 78.5 Å². The summed E-state index contributed by atoms with van der Waals surface area (Å²) in [7, 11) is -4.20. The zero-order valence-corrected chi connectivity index (χ0v) is 19.3. The number of piperidine rings is 1. The van der Waals surface area contributed by atoms with Crippen molar-refractivity contribution >= 4 is 15.9 Å². The fourth-order valence-corrected chi connectivity index (χ4v) is 5.15. The number of nitrogens with one attached hydrogen (secondary N) is 2. The summed E-state index contributed by atoms with van der Waals surface area (Å²) in [4.78, 5) is 14.8. The Labute approximate surface area is 190 Å². The molecule has 1 heterocycles. The molecule has 0 aliphatic carbocycles. The molecule has 2 aromatic rings. The van der Waals surface area contributed by atoms with Crippen LogP contribution >= 0.6 is 0 Å². The second-order valence-corrected chi connectivity index (χ2v) is 10.1. The van der Waals surface area contributed by atoms with Gasteiger partial charge in [-0.2, -0.15) is 4.72 Å². The normalized spacial score (nSPS) is 16.6. The minimum Gasteiger partial charge on any atom is -0.355 e. The molecule has 0 bridgehead atoms. The molecule has 32 heavy (non-hydrogen) atoms. The Hall–Kier alpha value is -2.29. The summed E-state index contributed by atoms with van der Waals surface area (Å²) in [5, 5.41) is 2.85. The van der Waals surface area contributed by atoms with Gasteiger partial charge in [0.05, 0.1) is 0 Å². The summed E-state index contributed by atoms with van der Waals surface area (Å²) in [6.07, 6.45) is 3.36. The molecule has 1 aliphatic rings. The number of halogens is 1. The lowest BCUT2D eigenvalue weighted by Crippen LogP contribution is -2.48. The Balaban J connectivity index is 1.61. The fraction of sp³-hybridized carbons (Fsp3) is 0.458. The first-order valence-electron chi connectivity index (χ1n) is 11.2. The van der Waals surface area contributed by atoms with E-state index in [0.29, 0.717) is 6.54 Å². The monoisotopic (exact) mass is 461 g/mol. The number of nitrogens with zero attached hydrogens (tertiary/aromatic N) is 1. The van der Waals surface area contributed by atoms with Crippen LogP contribution in [0.3, 0.4) is 0 Å². The minimum absolute atomic E-state index is 0.171. The number of hydrogen-bond donors (Lipinski definition) is 2. The summed E-state index contributed by atoms with van der Waals surface area (Å²) in [6, 6.07) is 13.3. The van der Waals surface area contributed by atoms with Crippen LogP contribution < -0.4 is 10.0 Å². The van der Waals surface area contributed by atoms with Gasteiger partial charge >= 0.3 is 0 Å². The SMILES string of the molecule is CC1CCN(CCCNC(=O)[C@H](Cc2ccccc2)NS(=O)(=O)c2ccccc2F)CC1. The van der Waals surface area contributed by atoms with E-state index in [1.54, 1.807) is 0 Å². The molecule has 2 aromatic carbocycles. The molecule has 0 aromatic heterocycles. The van der Waals surface area contributed by atoms with Crippen molar-refractivity contribution in [2.45, 2.75) is 43.5 Å². The lowest BCUT2D eigenvalue weighted by Gasteiger charge is -2.30. The maximum atomic E-state index is 14.1. The molecule has 1 saturated heterocycles. The third kappa shape index (κ3) is 7.12. The van der Waals surface area contributed by atoms with Crippen molar-refractivity contribution in [3.63, 3.8) is 0 Å². The summed E-state index contributed by atoms with van der Waals surface area (Å²) in [5.74, 6) is -0.497. The molecule has 2 N–H and O–H groups in total. The number of hydrogen-bond acceptors (Lipinski definition) is 4. The number of benzene rings is 2. The first-order valence-corrected chi connectivity index (χ1v) is 12.6. The highest BCUT2D eigenvalue weighted by molar-refractivity contribution is 7.89. The number of rotatable bonds is 10. The summed E-state index contributed by atoms with van der Waals surface area (Å²) >= 11 is 0. The zero-order valence-electron chi connectivity index (χ0n) is 18.5. The lowest BCUT2D eigenvalue weighted by atomic mass is 9.99. The number of sulfonamides is 1. The van der Waals surface area contributed by atoms with Gasteiger partial charge in [-0.3, -0.25) is 4.79 Å². The van der Waals surface area contributed by atoms with Crippen LogP contribution in [0.15, 0.2) is 59.5 Å². The highest BCUT2D eigenvalue weighted by Crippen LogP contribution is 2.16. The van der Waals surface area contributed by atoms with Crippen molar-refractivity contribution < 1.29 is 17.6 Å². The van der Waals surface area contributed by atoms with Crippen LogP contribution in [0, 0.1) is 11.7 Å². The second kappa shape index (κ2) is 11.5. The van der Waals surface area contributed by atoms with Crippen molar-refractivity contribution in [1.82, 2.24) is 14.9 Å². The molecule has 174 valence electrons. The molecule has 1 atom stereocenters. The first kappa shape index (κ1) is 24.4. The Kier molecular flexibility index (Phi) is 8.78. The van der Waals surface area contributed by atoms with Gasteiger partial charge in [0.2, 0.25) is 15.9 Å². The van der Waals surface area contributed by atoms with Gasteiger partial charge in [-0.25, -0.2) is 12.8 Å². The van der Waals surface area contributed by atoms with Gasteiger partial charge < -0.3 is 10.2 Å². The third-order valence-corrected chi connectivity index (χ3v) is 7.35. The van der Waals surface area contributed by atoms with E-state index in [4.69, 9.17) is 0 Å². The van der Waals surface area contributed by atoms with Gasteiger partial charge in [-0.05, 0) is 68.9 Å². The van der Waals surface area contributed by atoms with Crippen LogP contribution in [0.4, 0.5) is 4.39 Å². The molecule has 0 radical (unpaired) electrons. The average Bonchev–Trinajstić information content (AvgIpc) is 2.78. The zero-order chi connectivity index (χ0) is 23.0. The van der Waals surface area contributed by atoms with Crippen molar-refractivity contribution in [3.05, 3.63) is 66.0 Å². The lowest BCUT2D eigenvalue weighted by molar-refractivity contribution is -0.122. The van der Waals surface area contributed by atoms with Crippen molar-refractivity contribution in [3.8, 4) is 0 Å². The number of carbonyl (C=O) groups excluding carboxylic acids is 1. The molecule has 1 amide bonds. The highest BCUT2D eigenvalue weighted by Gasteiger charge is 2.27. The van der Waals surface area contributed by atoms with Crippen LogP contribution in [-0.2, 0) is 21.2 Å². The minimum atomic E-state index is -4.20. The van der Waals surface area contributed by atoms with E-state index in [-0.39, 0.29) is 6.42 Å². The molecule has 6 nitrogen and oxygen atoms in total. The molecule has 0 unspecified atom stereocenters. The number of amides is 1. The van der Waals surface area contributed by atoms with E-state index >= 15 is 0 Å². The van der Waals surface area contributed by atoms with Crippen LogP contribution in [0.2, 0.25) is 0 Å². The van der Waals surface area contributed by atoms with Crippen LogP contribution in [0.1, 0.15) is 31.7 Å². The molecular formula is C24H32FN3O3S. The van der Waals surface area contributed by atoms with Crippen LogP contribution in [0.5, 0.6) is 0 Å². The number of carbonyl (C=O) groups is 1. The predicted molar refractivity (Wildman–Crippen MR) is 123 cm³/mol. The van der Waals surface area contributed by atoms with E-state index in [9.17, 15) is 17.6 Å². The van der Waals surface area contributed by atoms with Gasteiger partial charge in [0.15, 0.2) is 0 Å². The Morgan fingerprint density at radius 1 is 1.09 bits per heavy atom. The van der Waals surface area contributed by atoms with E-state index in [2.05, 4.69) is 21.9 Å². The molecular weight excluding hydrogens is 429 g/mol.